The first kappa shape index (κ1) is 9.55. The average molecular weight is 210 g/mol. The molecule has 1 aliphatic rings. The van der Waals surface area contributed by atoms with Crippen molar-refractivity contribution in [2.75, 3.05) is 6.54 Å². The van der Waals surface area contributed by atoms with Crippen molar-refractivity contribution >= 4 is 0 Å². The molecule has 1 aliphatic carbocycles. The number of nitrogens with zero attached hydrogens (tertiary/aromatic N) is 1. The summed E-state index contributed by atoms with van der Waals surface area (Å²) < 4.78 is 0. The first-order chi connectivity index (χ1) is 7.83. The van der Waals surface area contributed by atoms with Crippen LogP contribution in [0.2, 0.25) is 0 Å². The molecule has 2 heteroatoms. The highest BCUT2D eigenvalue weighted by Crippen LogP contribution is 2.44. The lowest BCUT2D eigenvalue weighted by Gasteiger charge is -2.09. The lowest BCUT2D eigenvalue weighted by atomic mass is 9.96. The largest absolute Gasteiger partial charge is 0.330 e. The molecule has 0 amide bonds. The summed E-state index contributed by atoms with van der Waals surface area (Å²) in [6, 6.07) is 10.5. The molecule has 2 N–H and O–H groups in total. The van der Waals surface area contributed by atoms with Crippen LogP contribution in [0, 0.1) is 6.92 Å². The fourth-order valence-electron chi connectivity index (χ4n) is 2.63. The zero-order valence-corrected chi connectivity index (χ0v) is 9.27. The molecule has 80 valence electrons. The van der Waals surface area contributed by atoms with E-state index in [9.17, 15) is 0 Å². The smallest absolute Gasteiger partial charge is 0.0746 e. The zero-order chi connectivity index (χ0) is 11.1. The number of hydrogen-bond donors (Lipinski definition) is 1. The SMILES string of the molecule is Cc1cccc2c1-c1ncccc1C2CN. The summed E-state index contributed by atoms with van der Waals surface area (Å²) in [5.41, 5.74) is 12.2. The van der Waals surface area contributed by atoms with Gasteiger partial charge in [0.25, 0.3) is 0 Å². The number of fused-ring (bicyclic) bond motifs is 3. The lowest BCUT2D eigenvalue weighted by molar-refractivity contribution is 0.838. The Labute approximate surface area is 95.1 Å². The Hall–Kier alpha value is -1.67. The molecule has 0 aliphatic heterocycles. The van der Waals surface area contributed by atoms with Gasteiger partial charge >= 0.3 is 0 Å². The fraction of sp³-hybridized carbons (Fsp3) is 0.214. The van der Waals surface area contributed by atoms with E-state index in [1.807, 2.05) is 12.3 Å². The molecule has 1 unspecified atom stereocenters. The summed E-state index contributed by atoms with van der Waals surface area (Å²) >= 11 is 0. The second kappa shape index (κ2) is 3.42. The van der Waals surface area contributed by atoms with Crippen molar-refractivity contribution in [3.63, 3.8) is 0 Å². The quantitative estimate of drug-likeness (QED) is 0.785. The molecule has 1 heterocycles. The van der Waals surface area contributed by atoms with Gasteiger partial charge in [0.1, 0.15) is 0 Å². The van der Waals surface area contributed by atoms with Crippen LogP contribution in [-0.4, -0.2) is 11.5 Å². The Bertz CT molecular complexity index is 546. The number of nitrogens with two attached hydrogens (primary N) is 1. The molecule has 2 aromatic rings. The van der Waals surface area contributed by atoms with Crippen molar-refractivity contribution in [1.82, 2.24) is 4.98 Å². The van der Waals surface area contributed by atoms with Gasteiger partial charge in [-0.3, -0.25) is 4.98 Å². The topological polar surface area (TPSA) is 38.9 Å². The lowest BCUT2D eigenvalue weighted by Crippen LogP contribution is -2.11. The minimum atomic E-state index is 0.318. The van der Waals surface area contributed by atoms with Gasteiger partial charge in [0, 0.05) is 24.2 Å². The number of rotatable bonds is 1. The number of pyridine rings is 1. The van der Waals surface area contributed by atoms with Crippen LogP contribution in [0.4, 0.5) is 0 Å². The van der Waals surface area contributed by atoms with Crippen LogP contribution < -0.4 is 5.73 Å². The zero-order valence-electron chi connectivity index (χ0n) is 9.27. The van der Waals surface area contributed by atoms with Crippen molar-refractivity contribution in [1.29, 1.82) is 0 Å². The van der Waals surface area contributed by atoms with E-state index in [0.29, 0.717) is 12.5 Å². The van der Waals surface area contributed by atoms with Gasteiger partial charge in [-0.25, -0.2) is 0 Å². The summed E-state index contributed by atoms with van der Waals surface area (Å²) in [6.07, 6.45) is 1.86. The van der Waals surface area contributed by atoms with Gasteiger partial charge in [-0.05, 0) is 29.7 Å². The van der Waals surface area contributed by atoms with E-state index in [-0.39, 0.29) is 0 Å². The highest BCUT2D eigenvalue weighted by atomic mass is 14.7. The first-order valence-corrected chi connectivity index (χ1v) is 5.58. The van der Waals surface area contributed by atoms with Crippen molar-refractivity contribution in [2.24, 2.45) is 5.73 Å². The summed E-state index contributed by atoms with van der Waals surface area (Å²) in [5, 5.41) is 0. The molecular formula is C14H14N2. The summed E-state index contributed by atoms with van der Waals surface area (Å²) in [7, 11) is 0. The molecule has 0 bridgehead atoms. The van der Waals surface area contributed by atoms with E-state index in [4.69, 9.17) is 5.73 Å². The normalized spacial score (nSPS) is 17.0. The van der Waals surface area contributed by atoms with Gasteiger partial charge < -0.3 is 5.73 Å². The molecule has 0 fully saturated rings. The van der Waals surface area contributed by atoms with E-state index in [1.165, 1.54) is 22.3 Å². The molecular weight excluding hydrogens is 196 g/mol. The summed E-state index contributed by atoms with van der Waals surface area (Å²) in [5.74, 6) is 0.318. The first-order valence-electron chi connectivity index (χ1n) is 5.58. The second-order valence-corrected chi connectivity index (χ2v) is 4.27. The Morgan fingerprint density at radius 2 is 2.00 bits per heavy atom. The highest BCUT2D eigenvalue weighted by molar-refractivity contribution is 5.78. The molecule has 0 saturated carbocycles. The van der Waals surface area contributed by atoms with Crippen LogP contribution >= 0.6 is 0 Å². The monoisotopic (exact) mass is 210 g/mol. The molecule has 16 heavy (non-hydrogen) atoms. The number of hydrogen-bond acceptors (Lipinski definition) is 2. The van der Waals surface area contributed by atoms with E-state index < -0.39 is 0 Å². The maximum Gasteiger partial charge on any atom is 0.0746 e. The third-order valence-corrected chi connectivity index (χ3v) is 3.37. The van der Waals surface area contributed by atoms with Gasteiger partial charge in [0.05, 0.1) is 5.69 Å². The molecule has 2 nitrogen and oxygen atoms in total. The van der Waals surface area contributed by atoms with Crippen molar-refractivity contribution in [2.45, 2.75) is 12.8 Å². The standard InChI is InChI=1S/C14H14N2/c1-9-4-2-5-10-12(8-15)11-6-3-7-16-14(11)13(9)10/h2-7,12H,8,15H2,1H3. The minimum Gasteiger partial charge on any atom is -0.330 e. The van der Waals surface area contributed by atoms with E-state index >= 15 is 0 Å². The maximum atomic E-state index is 5.89. The maximum absolute atomic E-state index is 5.89. The molecule has 0 saturated heterocycles. The van der Waals surface area contributed by atoms with Crippen molar-refractivity contribution < 1.29 is 0 Å². The molecule has 0 spiro atoms. The average Bonchev–Trinajstić information content (AvgIpc) is 2.64. The van der Waals surface area contributed by atoms with E-state index in [1.54, 1.807) is 0 Å². The van der Waals surface area contributed by atoms with Gasteiger partial charge in [0.2, 0.25) is 0 Å². The predicted octanol–water partition coefficient (Wildman–Crippen LogP) is 2.46. The van der Waals surface area contributed by atoms with Gasteiger partial charge in [-0.1, -0.05) is 24.3 Å². The number of aryl methyl sites for hydroxylation is 1. The van der Waals surface area contributed by atoms with Crippen LogP contribution in [-0.2, 0) is 0 Å². The Balaban J connectivity index is 2.35. The molecule has 3 rings (SSSR count). The summed E-state index contributed by atoms with van der Waals surface area (Å²) in [6.45, 7) is 2.78. The molecule has 1 aromatic carbocycles. The number of aromatic nitrogens is 1. The Kier molecular flexibility index (Phi) is 2.04. The fourth-order valence-corrected chi connectivity index (χ4v) is 2.63. The highest BCUT2D eigenvalue weighted by Gasteiger charge is 2.29. The summed E-state index contributed by atoms with van der Waals surface area (Å²) in [4.78, 5) is 4.50. The second-order valence-electron chi connectivity index (χ2n) is 4.27. The van der Waals surface area contributed by atoms with Crippen molar-refractivity contribution in [3.8, 4) is 11.3 Å². The molecule has 1 aromatic heterocycles. The van der Waals surface area contributed by atoms with Crippen LogP contribution in [0.15, 0.2) is 36.5 Å². The van der Waals surface area contributed by atoms with Gasteiger partial charge in [-0.15, -0.1) is 0 Å². The van der Waals surface area contributed by atoms with Crippen LogP contribution in [0.25, 0.3) is 11.3 Å². The van der Waals surface area contributed by atoms with Crippen LogP contribution in [0.3, 0.4) is 0 Å². The third kappa shape index (κ3) is 1.14. The minimum absolute atomic E-state index is 0.318. The third-order valence-electron chi connectivity index (χ3n) is 3.37. The van der Waals surface area contributed by atoms with Crippen LogP contribution in [0.5, 0.6) is 0 Å². The van der Waals surface area contributed by atoms with E-state index in [0.717, 1.165) is 5.69 Å². The van der Waals surface area contributed by atoms with E-state index in [2.05, 4.69) is 36.2 Å². The van der Waals surface area contributed by atoms with Gasteiger partial charge in [-0.2, -0.15) is 0 Å². The predicted molar refractivity (Wildman–Crippen MR) is 65.3 cm³/mol. The number of benzene rings is 1. The van der Waals surface area contributed by atoms with Crippen molar-refractivity contribution in [3.05, 3.63) is 53.2 Å². The van der Waals surface area contributed by atoms with Gasteiger partial charge in [0.15, 0.2) is 0 Å². The molecule has 1 atom stereocenters. The Morgan fingerprint density at radius 1 is 1.19 bits per heavy atom. The Morgan fingerprint density at radius 3 is 2.81 bits per heavy atom. The van der Waals surface area contributed by atoms with Crippen LogP contribution in [0.1, 0.15) is 22.6 Å². The molecule has 0 radical (unpaired) electrons.